The number of amides is 1. The van der Waals surface area contributed by atoms with Gasteiger partial charge in [0, 0.05) is 40.1 Å². The molecule has 0 saturated heterocycles. The van der Waals surface area contributed by atoms with E-state index in [0.29, 0.717) is 49.4 Å². The van der Waals surface area contributed by atoms with Crippen LogP contribution in [0.5, 0.6) is 11.5 Å². The van der Waals surface area contributed by atoms with Gasteiger partial charge in [-0.15, -0.1) is 0 Å². The Morgan fingerprint density at radius 2 is 1.71 bits per heavy atom. The van der Waals surface area contributed by atoms with E-state index in [-0.39, 0.29) is 12.2 Å². The van der Waals surface area contributed by atoms with Crippen molar-refractivity contribution in [3.8, 4) is 17.6 Å². The molecule has 0 unspecified atom stereocenters. The molecule has 0 radical (unpaired) electrons. The smallest absolute Gasteiger partial charge is 0.266 e. The highest BCUT2D eigenvalue weighted by atomic mass is 79.9. The van der Waals surface area contributed by atoms with Crippen LogP contribution in [0, 0.1) is 11.3 Å². The van der Waals surface area contributed by atoms with Gasteiger partial charge in [-0.25, -0.2) is 0 Å². The summed E-state index contributed by atoms with van der Waals surface area (Å²) < 4.78 is 12.4. The lowest BCUT2D eigenvalue weighted by Gasteiger charge is -2.21. The first-order valence-electron chi connectivity index (χ1n) is 12.1. The molecule has 0 aliphatic carbocycles. The van der Waals surface area contributed by atoms with Crippen LogP contribution in [-0.2, 0) is 11.4 Å². The average Bonchev–Trinajstić information content (AvgIpc) is 2.90. The van der Waals surface area contributed by atoms with Gasteiger partial charge in [0.1, 0.15) is 18.2 Å². The number of nitrogens with zero attached hydrogens (tertiary/aromatic N) is 2. The van der Waals surface area contributed by atoms with Gasteiger partial charge < -0.3 is 19.7 Å². The summed E-state index contributed by atoms with van der Waals surface area (Å²) in [5.74, 6) is 0.392. The monoisotopic (exact) mass is 615 g/mol. The first-order valence-corrected chi connectivity index (χ1v) is 13.7. The van der Waals surface area contributed by atoms with E-state index in [0.717, 1.165) is 18.8 Å². The SMILES string of the molecule is CCOc1cc(/C=C(/C#N)C(=O)Nc2ccc(N(CC)CC)cc2)cc(Br)c1OCc1c(Cl)cccc1Cl. The molecule has 0 atom stereocenters. The van der Waals surface area contributed by atoms with E-state index < -0.39 is 5.91 Å². The number of ether oxygens (including phenoxy) is 2. The molecule has 38 heavy (non-hydrogen) atoms. The molecule has 0 bridgehead atoms. The summed E-state index contributed by atoms with van der Waals surface area (Å²) in [4.78, 5) is 15.1. The summed E-state index contributed by atoms with van der Waals surface area (Å²) in [7, 11) is 0. The van der Waals surface area contributed by atoms with Crippen LogP contribution in [0.1, 0.15) is 31.9 Å². The Labute approximate surface area is 241 Å². The van der Waals surface area contributed by atoms with Gasteiger partial charge in [0.25, 0.3) is 5.91 Å². The second-order valence-electron chi connectivity index (χ2n) is 8.09. The predicted octanol–water partition coefficient (Wildman–Crippen LogP) is 8.13. The van der Waals surface area contributed by atoms with Crippen molar-refractivity contribution in [1.29, 1.82) is 5.26 Å². The van der Waals surface area contributed by atoms with E-state index in [1.807, 2.05) is 37.3 Å². The Balaban J connectivity index is 1.82. The first-order chi connectivity index (χ1) is 18.3. The summed E-state index contributed by atoms with van der Waals surface area (Å²) in [6, 6.07) is 18.2. The molecule has 6 nitrogen and oxygen atoms in total. The minimum atomic E-state index is -0.508. The van der Waals surface area contributed by atoms with Crippen LogP contribution >= 0.6 is 39.1 Å². The maximum atomic E-state index is 12.9. The number of nitriles is 1. The Kier molecular flexibility index (Phi) is 10.9. The standard InChI is InChI=1S/C29H28BrCl2N3O3/c1-4-35(5-2)22-12-10-21(11-13-22)34-29(36)20(17-33)14-19-15-24(30)28(27(16-19)37-6-3)38-18-23-25(31)8-7-9-26(23)32/h7-16H,4-6,18H2,1-3H3,(H,34,36)/b20-14-. The van der Waals surface area contributed by atoms with Gasteiger partial charge in [-0.3, -0.25) is 4.79 Å². The van der Waals surface area contributed by atoms with Gasteiger partial charge in [-0.1, -0.05) is 29.3 Å². The molecule has 0 aliphatic heterocycles. The number of hydrogen-bond acceptors (Lipinski definition) is 5. The summed E-state index contributed by atoms with van der Waals surface area (Å²) in [5.41, 5.74) is 2.86. The molecular formula is C29H28BrCl2N3O3. The molecule has 3 rings (SSSR count). The molecule has 3 aromatic rings. The predicted molar refractivity (Wildman–Crippen MR) is 158 cm³/mol. The van der Waals surface area contributed by atoms with Gasteiger partial charge in [0.15, 0.2) is 11.5 Å². The molecule has 0 spiro atoms. The van der Waals surface area contributed by atoms with Crippen molar-refractivity contribution < 1.29 is 14.3 Å². The minimum absolute atomic E-state index is 0.0521. The van der Waals surface area contributed by atoms with E-state index in [1.165, 1.54) is 6.08 Å². The lowest BCUT2D eigenvalue weighted by molar-refractivity contribution is -0.112. The van der Waals surface area contributed by atoms with Crippen molar-refractivity contribution in [2.45, 2.75) is 27.4 Å². The Hall–Kier alpha value is -3.18. The highest BCUT2D eigenvalue weighted by molar-refractivity contribution is 9.10. The number of rotatable bonds is 11. The lowest BCUT2D eigenvalue weighted by atomic mass is 10.1. The summed E-state index contributed by atoms with van der Waals surface area (Å²) in [5, 5.41) is 13.5. The normalized spacial score (nSPS) is 11.0. The van der Waals surface area contributed by atoms with E-state index in [2.05, 4.69) is 40.0 Å². The molecule has 9 heteroatoms. The second-order valence-corrected chi connectivity index (χ2v) is 9.76. The fourth-order valence-electron chi connectivity index (χ4n) is 3.75. The topological polar surface area (TPSA) is 74.6 Å². The molecule has 1 amide bonds. The number of carbonyl (C=O) groups excluding carboxylic acids is 1. The molecule has 3 aromatic carbocycles. The summed E-state index contributed by atoms with van der Waals surface area (Å²) in [6.07, 6.45) is 1.50. The minimum Gasteiger partial charge on any atom is -0.490 e. The quantitative estimate of drug-likeness (QED) is 0.174. The van der Waals surface area contributed by atoms with Crippen molar-refractivity contribution in [2.24, 2.45) is 0 Å². The van der Waals surface area contributed by atoms with Gasteiger partial charge >= 0.3 is 0 Å². The van der Waals surface area contributed by atoms with E-state index in [1.54, 1.807) is 30.3 Å². The van der Waals surface area contributed by atoms with Crippen molar-refractivity contribution in [3.05, 3.63) is 85.8 Å². The van der Waals surface area contributed by atoms with Crippen LogP contribution in [0.2, 0.25) is 10.0 Å². The third-order valence-electron chi connectivity index (χ3n) is 5.68. The van der Waals surface area contributed by atoms with Crippen LogP contribution in [0.3, 0.4) is 0 Å². The Bertz CT molecular complexity index is 1330. The summed E-state index contributed by atoms with van der Waals surface area (Å²) >= 11 is 16.1. The molecule has 0 aliphatic rings. The van der Waals surface area contributed by atoms with Crippen LogP contribution in [-0.4, -0.2) is 25.6 Å². The van der Waals surface area contributed by atoms with Crippen molar-refractivity contribution >= 4 is 62.5 Å². The van der Waals surface area contributed by atoms with Crippen molar-refractivity contribution in [2.75, 3.05) is 29.9 Å². The fourth-order valence-corrected chi connectivity index (χ4v) is 4.83. The van der Waals surface area contributed by atoms with E-state index in [9.17, 15) is 10.1 Å². The van der Waals surface area contributed by atoms with Gasteiger partial charge in [-0.05, 0) is 96.9 Å². The van der Waals surface area contributed by atoms with Gasteiger partial charge in [0.2, 0.25) is 0 Å². The van der Waals surface area contributed by atoms with E-state index in [4.69, 9.17) is 32.7 Å². The van der Waals surface area contributed by atoms with Crippen molar-refractivity contribution in [1.82, 2.24) is 0 Å². The Morgan fingerprint density at radius 1 is 1.05 bits per heavy atom. The zero-order valence-electron chi connectivity index (χ0n) is 21.4. The second kappa shape index (κ2) is 14.1. The number of benzene rings is 3. The maximum Gasteiger partial charge on any atom is 0.266 e. The largest absolute Gasteiger partial charge is 0.490 e. The van der Waals surface area contributed by atoms with Gasteiger partial charge in [0.05, 0.1) is 11.1 Å². The number of halogens is 3. The summed E-state index contributed by atoms with van der Waals surface area (Å²) in [6.45, 7) is 8.33. The Morgan fingerprint density at radius 3 is 2.29 bits per heavy atom. The average molecular weight is 617 g/mol. The lowest BCUT2D eigenvalue weighted by Crippen LogP contribution is -2.21. The van der Waals surface area contributed by atoms with Crippen molar-refractivity contribution in [3.63, 3.8) is 0 Å². The van der Waals surface area contributed by atoms with Crippen LogP contribution in [0.4, 0.5) is 11.4 Å². The molecule has 0 aromatic heterocycles. The molecular weight excluding hydrogens is 589 g/mol. The first kappa shape index (κ1) is 29.4. The van der Waals surface area contributed by atoms with Crippen LogP contribution < -0.4 is 19.7 Å². The van der Waals surface area contributed by atoms with E-state index >= 15 is 0 Å². The highest BCUT2D eigenvalue weighted by Gasteiger charge is 2.16. The van der Waals surface area contributed by atoms with Gasteiger partial charge in [-0.2, -0.15) is 5.26 Å². The maximum absolute atomic E-state index is 12.9. The number of anilines is 2. The molecule has 0 fully saturated rings. The molecule has 198 valence electrons. The number of carbonyl (C=O) groups is 1. The molecule has 0 saturated carbocycles. The number of hydrogen-bond donors (Lipinski definition) is 1. The zero-order chi connectivity index (χ0) is 27.7. The zero-order valence-corrected chi connectivity index (χ0v) is 24.5. The molecule has 0 heterocycles. The molecule has 1 N–H and O–H groups in total. The third kappa shape index (κ3) is 7.44. The fraction of sp³-hybridized carbons (Fsp3) is 0.241. The highest BCUT2D eigenvalue weighted by Crippen LogP contribution is 2.39. The third-order valence-corrected chi connectivity index (χ3v) is 6.98. The van der Waals surface area contributed by atoms with Crippen LogP contribution in [0.25, 0.3) is 6.08 Å². The number of nitrogens with one attached hydrogen (secondary N) is 1. The van der Waals surface area contributed by atoms with Crippen LogP contribution in [0.15, 0.2) is 64.6 Å².